The zero-order valence-corrected chi connectivity index (χ0v) is 26.7. The van der Waals surface area contributed by atoms with Crippen LogP contribution >= 0.6 is 0 Å². The van der Waals surface area contributed by atoms with Crippen LogP contribution in [-0.2, 0) is 22.5 Å². The number of ether oxygens (including phenoxy) is 3. The van der Waals surface area contributed by atoms with Gasteiger partial charge in [-0.25, -0.2) is 4.99 Å². The van der Waals surface area contributed by atoms with Gasteiger partial charge in [-0.3, -0.25) is 4.79 Å². The second-order valence-corrected chi connectivity index (χ2v) is 11.3. The molecule has 0 fully saturated rings. The summed E-state index contributed by atoms with van der Waals surface area (Å²) >= 11 is 0. The maximum atomic E-state index is 14.6. The number of anilines is 1. The largest absolute Gasteiger partial charge is 0.497 e. The van der Waals surface area contributed by atoms with E-state index in [0.717, 1.165) is 11.3 Å². The van der Waals surface area contributed by atoms with Gasteiger partial charge in [0.15, 0.2) is 11.6 Å². The molecule has 0 radical (unpaired) electrons. The fourth-order valence-corrected chi connectivity index (χ4v) is 5.43. The number of hydrogen-bond donors (Lipinski definition) is 2. The lowest BCUT2D eigenvalue weighted by molar-refractivity contribution is -0.129. The number of aliphatic hydroxyl groups excluding tert-OH is 1. The predicted octanol–water partition coefficient (Wildman–Crippen LogP) is 6.28. The monoisotopic (exact) mass is 634 g/mol. The summed E-state index contributed by atoms with van der Waals surface area (Å²) in [6.45, 7) is 0.696. The number of carbonyl (C=O) groups is 1. The van der Waals surface area contributed by atoms with Gasteiger partial charge in [-0.2, -0.15) is 0 Å². The lowest BCUT2D eigenvalue weighted by atomic mass is 9.81. The van der Waals surface area contributed by atoms with Crippen molar-refractivity contribution in [2.45, 2.75) is 31.0 Å². The highest BCUT2D eigenvalue weighted by molar-refractivity contribution is 6.01. The van der Waals surface area contributed by atoms with E-state index in [2.05, 4.69) is 15.3 Å². The number of azide groups is 1. The van der Waals surface area contributed by atoms with E-state index in [9.17, 15) is 10.3 Å². The molecule has 2 atom stereocenters. The topological polar surface area (TPSA) is 141 Å². The number of benzene rings is 4. The van der Waals surface area contributed by atoms with E-state index >= 15 is 0 Å². The third-order valence-corrected chi connectivity index (χ3v) is 7.94. The summed E-state index contributed by atoms with van der Waals surface area (Å²) in [5.74, 6) is 1.18. The van der Waals surface area contributed by atoms with Crippen LogP contribution in [-0.4, -0.2) is 56.9 Å². The van der Waals surface area contributed by atoms with Gasteiger partial charge in [0.1, 0.15) is 11.5 Å². The third-order valence-electron chi connectivity index (χ3n) is 7.94. The van der Waals surface area contributed by atoms with E-state index in [0.29, 0.717) is 46.9 Å². The molecule has 1 aliphatic rings. The summed E-state index contributed by atoms with van der Waals surface area (Å²) in [5, 5.41) is 16.1. The highest BCUT2D eigenvalue weighted by Crippen LogP contribution is 2.44. The van der Waals surface area contributed by atoms with Crippen LogP contribution in [0.15, 0.2) is 107 Å². The summed E-state index contributed by atoms with van der Waals surface area (Å²) in [4.78, 5) is 24.7. The van der Waals surface area contributed by atoms with Gasteiger partial charge in [0.25, 0.3) is 5.91 Å². The van der Waals surface area contributed by atoms with Crippen molar-refractivity contribution in [3.8, 4) is 11.5 Å². The van der Waals surface area contributed by atoms with Crippen LogP contribution in [0.1, 0.15) is 34.8 Å². The molecule has 1 heterocycles. The molecule has 2 N–H and O–H groups in total. The maximum absolute atomic E-state index is 14.6. The molecule has 0 spiro atoms. The molecule has 47 heavy (non-hydrogen) atoms. The van der Waals surface area contributed by atoms with Gasteiger partial charge in [0.2, 0.25) is 5.90 Å². The van der Waals surface area contributed by atoms with Gasteiger partial charge >= 0.3 is 0 Å². The predicted molar refractivity (Wildman–Crippen MR) is 181 cm³/mol. The maximum Gasteiger partial charge on any atom is 0.252 e. The van der Waals surface area contributed by atoms with E-state index in [4.69, 9.17) is 24.3 Å². The Balaban J connectivity index is 1.59. The minimum atomic E-state index is -1.50. The molecule has 0 saturated carbocycles. The van der Waals surface area contributed by atoms with Gasteiger partial charge < -0.3 is 29.5 Å². The molecule has 0 bridgehead atoms. The fourth-order valence-electron chi connectivity index (χ4n) is 5.43. The van der Waals surface area contributed by atoms with Crippen molar-refractivity contribution in [1.29, 1.82) is 0 Å². The molecule has 4 aromatic rings. The number of nitrogens with zero attached hydrogens (tertiary/aromatic N) is 5. The molecule has 4 aromatic carbocycles. The van der Waals surface area contributed by atoms with E-state index < -0.39 is 11.6 Å². The number of rotatable bonds is 14. The van der Waals surface area contributed by atoms with E-state index in [1.165, 1.54) is 0 Å². The van der Waals surface area contributed by atoms with Crippen LogP contribution in [0.4, 0.5) is 11.4 Å². The molecule has 0 aliphatic carbocycles. The highest BCUT2D eigenvalue weighted by atomic mass is 16.5. The third kappa shape index (κ3) is 7.66. The molecule has 11 nitrogen and oxygen atoms in total. The van der Waals surface area contributed by atoms with Crippen molar-refractivity contribution in [3.63, 3.8) is 0 Å². The molecule has 0 unspecified atom stereocenters. The number of hydrogen-bond acceptors (Lipinski definition) is 8. The first kappa shape index (κ1) is 32.9. The SMILES string of the molecule is COc1cccc([C@H]2OC(c3ccc(OCCCO)cc3)=N[C@@]2(Cc2ccccc2N=[N+]=[N-])C(=O)NCc2ccc(N(C)C)cc2)c1. The van der Waals surface area contributed by atoms with Crippen molar-refractivity contribution in [2.75, 3.05) is 39.3 Å². The Morgan fingerprint density at radius 2 is 1.81 bits per heavy atom. The number of amides is 1. The average molecular weight is 635 g/mol. The smallest absolute Gasteiger partial charge is 0.252 e. The second kappa shape index (κ2) is 15.2. The van der Waals surface area contributed by atoms with E-state index in [1.54, 1.807) is 31.4 Å². The Hall–Kier alpha value is -5.51. The molecule has 11 heteroatoms. The second-order valence-electron chi connectivity index (χ2n) is 11.3. The lowest BCUT2D eigenvalue weighted by Gasteiger charge is -2.31. The Bertz CT molecular complexity index is 1750. The van der Waals surface area contributed by atoms with E-state index in [1.807, 2.05) is 91.8 Å². The first-order valence-corrected chi connectivity index (χ1v) is 15.3. The Labute approximate surface area is 274 Å². The van der Waals surface area contributed by atoms with Gasteiger partial charge in [-0.15, -0.1) is 0 Å². The Morgan fingerprint density at radius 3 is 2.51 bits per heavy atom. The van der Waals surface area contributed by atoms with Crippen LogP contribution in [0.25, 0.3) is 10.4 Å². The molecule has 1 aliphatic heterocycles. The zero-order chi connectivity index (χ0) is 33.2. The summed E-state index contributed by atoms with van der Waals surface area (Å²) in [7, 11) is 5.53. The van der Waals surface area contributed by atoms with Gasteiger partial charge in [-0.05, 0) is 70.8 Å². The molecule has 242 valence electrons. The normalized spacial score (nSPS) is 16.8. The minimum absolute atomic E-state index is 0.0444. The number of nitrogens with one attached hydrogen (secondary N) is 1. The quantitative estimate of drug-likeness (QED) is 0.0724. The first-order valence-electron chi connectivity index (χ1n) is 15.3. The van der Waals surface area contributed by atoms with Crippen molar-refractivity contribution >= 4 is 23.2 Å². The standard InChI is InChI=1S/C36H38N6O5/c1-42(2)29-16-12-25(13-17-29)24-38-35(44)36(23-28-8-4-5-11-32(28)40-41-37)33(27-9-6-10-31(22-27)45-3)47-34(39-36)26-14-18-30(19-15-26)46-21-7-20-43/h4-6,8-19,22,33,43H,7,20-21,23-24H2,1-3H3,(H,38,44)/t33-,36-/m1/s1. The van der Waals surface area contributed by atoms with Crippen molar-refractivity contribution in [3.05, 3.63) is 130 Å². The summed E-state index contributed by atoms with van der Waals surface area (Å²) < 4.78 is 17.9. The fraction of sp³-hybridized carbons (Fsp3) is 0.278. The molecule has 0 saturated heterocycles. The number of aliphatic imine (C=N–C) groups is 1. The van der Waals surface area contributed by atoms with Gasteiger partial charge in [0, 0.05) is 61.9 Å². The molecule has 5 rings (SSSR count). The Morgan fingerprint density at radius 1 is 1.04 bits per heavy atom. The van der Waals surface area contributed by atoms with Crippen LogP contribution in [0.5, 0.6) is 11.5 Å². The molecular weight excluding hydrogens is 596 g/mol. The van der Waals surface area contributed by atoms with Gasteiger partial charge in [-0.1, -0.05) is 53.6 Å². The molecule has 1 amide bonds. The number of methoxy groups -OCH3 is 1. The molecule has 0 aromatic heterocycles. The van der Waals surface area contributed by atoms with Crippen molar-refractivity contribution in [2.24, 2.45) is 10.1 Å². The summed E-state index contributed by atoms with van der Waals surface area (Å²) in [5.41, 5.74) is 12.2. The molecular formula is C36H38N6O5. The Kier molecular flexibility index (Phi) is 10.6. The van der Waals surface area contributed by atoms with Crippen LogP contribution < -0.4 is 19.7 Å². The van der Waals surface area contributed by atoms with Crippen molar-refractivity contribution < 1.29 is 24.1 Å². The highest BCUT2D eigenvalue weighted by Gasteiger charge is 2.53. The minimum Gasteiger partial charge on any atom is -0.497 e. The average Bonchev–Trinajstić information content (AvgIpc) is 3.49. The van der Waals surface area contributed by atoms with E-state index in [-0.39, 0.29) is 31.4 Å². The number of carbonyl (C=O) groups excluding carboxylic acids is 1. The van der Waals surface area contributed by atoms with Gasteiger partial charge in [0.05, 0.1) is 13.7 Å². The summed E-state index contributed by atoms with van der Waals surface area (Å²) in [6, 6.07) is 29.7. The summed E-state index contributed by atoms with van der Waals surface area (Å²) in [6.07, 6.45) is -0.251. The van der Waals surface area contributed by atoms with Crippen LogP contribution in [0, 0.1) is 0 Å². The zero-order valence-electron chi connectivity index (χ0n) is 26.7. The van der Waals surface area contributed by atoms with Crippen LogP contribution in [0.2, 0.25) is 0 Å². The lowest BCUT2D eigenvalue weighted by Crippen LogP contribution is -2.49. The van der Waals surface area contributed by atoms with Crippen LogP contribution in [0.3, 0.4) is 0 Å². The van der Waals surface area contributed by atoms with Crippen molar-refractivity contribution in [1.82, 2.24) is 5.32 Å². The first-order chi connectivity index (χ1) is 22.9. The number of aliphatic hydroxyl groups is 1.